The van der Waals surface area contributed by atoms with Gasteiger partial charge in [-0.1, -0.05) is 11.8 Å². The highest BCUT2D eigenvalue weighted by molar-refractivity contribution is 8.13. The van der Waals surface area contributed by atoms with Crippen molar-refractivity contribution in [2.75, 3.05) is 6.26 Å². The molecule has 0 spiro atoms. The summed E-state index contributed by atoms with van der Waals surface area (Å²) in [6, 6.07) is 2.07. The number of rotatable bonds is 1. The minimum Gasteiger partial charge on any atom is -0.271 e. The molecule has 1 N–H and O–H groups in total. The lowest BCUT2D eigenvalue weighted by molar-refractivity contribution is 0.594. The van der Waals surface area contributed by atoms with Gasteiger partial charge in [-0.05, 0) is 24.8 Å². The van der Waals surface area contributed by atoms with E-state index in [1.54, 1.807) is 12.4 Å². The van der Waals surface area contributed by atoms with Gasteiger partial charge in [-0.25, -0.2) is 13.8 Å². The van der Waals surface area contributed by atoms with Crippen molar-refractivity contribution in [3.63, 3.8) is 0 Å². The average Bonchev–Trinajstić information content (AvgIpc) is 2.25. The Kier molecular flexibility index (Phi) is 4.26. The van der Waals surface area contributed by atoms with E-state index in [1.807, 2.05) is 0 Å². The largest absolute Gasteiger partial charge is 0.271 e. The lowest BCUT2D eigenvalue weighted by atomic mass is 10.2. The van der Waals surface area contributed by atoms with Crippen molar-refractivity contribution in [1.82, 2.24) is 5.32 Å². The van der Waals surface area contributed by atoms with Crippen LogP contribution in [-0.2, 0) is 0 Å². The van der Waals surface area contributed by atoms with Crippen LogP contribution in [0.25, 0.3) is 0 Å². The summed E-state index contributed by atoms with van der Waals surface area (Å²) in [5.41, 5.74) is 0.0885. The maximum atomic E-state index is 13.4. The van der Waals surface area contributed by atoms with Gasteiger partial charge in [-0.15, -0.1) is 0 Å². The first kappa shape index (κ1) is 12.5. The fraction of sp³-hybridized carbons (Fsp3) is 0.200. The summed E-state index contributed by atoms with van der Waals surface area (Å²) in [6.07, 6.45) is 3.34. The third-order valence-corrected chi connectivity index (χ3v) is 2.39. The Morgan fingerprint density at radius 2 is 2.12 bits per heavy atom. The monoisotopic (exact) mass is 241 g/mol. The molecule has 0 bridgehead atoms. The summed E-state index contributed by atoms with van der Waals surface area (Å²) in [5.74, 6) is -1.15. The lowest BCUT2D eigenvalue weighted by Gasteiger charge is -2.03. The van der Waals surface area contributed by atoms with Gasteiger partial charge in [0.05, 0.1) is 0 Å². The zero-order chi connectivity index (χ0) is 12.1. The molecule has 0 fully saturated rings. The fourth-order valence-corrected chi connectivity index (χ4v) is 1.34. The smallest absolute Gasteiger partial charge is 0.183 e. The highest BCUT2D eigenvalue weighted by Crippen LogP contribution is 2.22. The summed E-state index contributed by atoms with van der Waals surface area (Å²) < 4.78 is 26.5. The van der Waals surface area contributed by atoms with E-state index in [1.165, 1.54) is 6.92 Å². The van der Waals surface area contributed by atoms with E-state index in [2.05, 4.69) is 10.3 Å². The summed E-state index contributed by atoms with van der Waals surface area (Å²) in [6.45, 7) is 1.47. The second kappa shape index (κ2) is 5.47. The molecule has 0 heterocycles. The Bertz CT molecular complexity index is 466. The molecule has 0 amide bonds. The second-order valence-corrected chi connectivity index (χ2v) is 3.71. The highest BCUT2D eigenvalue weighted by Gasteiger charge is 2.07. The van der Waals surface area contributed by atoms with Gasteiger partial charge >= 0.3 is 0 Å². The number of aryl methyl sites for hydroxylation is 1. The van der Waals surface area contributed by atoms with Gasteiger partial charge in [-0.3, -0.25) is 5.32 Å². The molecule has 0 aliphatic rings. The summed E-state index contributed by atoms with van der Waals surface area (Å²) in [7, 11) is 0. The highest BCUT2D eigenvalue weighted by atomic mass is 32.2. The molecule has 0 aromatic heterocycles. The molecular weight excluding hydrogens is 232 g/mol. The predicted octanol–water partition coefficient (Wildman–Crippen LogP) is 2.69. The number of nitrogens with one attached hydrogen (secondary N) is 1. The van der Waals surface area contributed by atoms with Crippen molar-refractivity contribution < 1.29 is 8.78 Å². The van der Waals surface area contributed by atoms with Crippen molar-refractivity contribution in [2.45, 2.75) is 6.92 Å². The molecule has 0 saturated carbocycles. The van der Waals surface area contributed by atoms with Crippen molar-refractivity contribution in [3.05, 3.63) is 29.3 Å². The standard InChI is InChI=1S/C10H9F2N3S/c1-6-3-8(12)9(4-7(6)11)15-10(16-2)14-5-13/h3-4H,1-2H3,(H,14,15). The topological polar surface area (TPSA) is 48.2 Å². The van der Waals surface area contributed by atoms with Crippen LogP contribution in [-0.4, -0.2) is 11.4 Å². The number of halogens is 2. The molecule has 0 aliphatic carbocycles. The van der Waals surface area contributed by atoms with E-state index in [-0.39, 0.29) is 16.4 Å². The number of nitrogens with zero attached hydrogens (tertiary/aromatic N) is 2. The first-order valence-corrected chi connectivity index (χ1v) is 5.54. The van der Waals surface area contributed by atoms with Crippen molar-refractivity contribution in [3.8, 4) is 6.19 Å². The van der Waals surface area contributed by atoms with Gasteiger partial charge in [0.2, 0.25) is 0 Å². The first-order chi connectivity index (χ1) is 7.58. The van der Waals surface area contributed by atoms with Gasteiger partial charge in [0, 0.05) is 6.07 Å². The van der Waals surface area contributed by atoms with Gasteiger partial charge < -0.3 is 0 Å². The molecule has 6 heteroatoms. The zero-order valence-corrected chi connectivity index (χ0v) is 9.53. The van der Waals surface area contributed by atoms with E-state index in [4.69, 9.17) is 5.26 Å². The zero-order valence-electron chi connectivity index (χ0n) is 8.71. The van der Waals surface area contributed by atoms with E-state index in [0.29, 0.717) is 0 Å². The van der Waals surface area contributed by atoms with Gasteiger partial charge in [0.15, 0.2) is 11.4 Å². The molecule has 16 heavy (non-hydrogen) atoms. The number of hydrogen-bond acceptors (Lipinski definition) is 3. The van der Waals surface area contributed by atoms with Gasteiger partial charge in [0.1, 0.15) is 17.3 Å². The fourth-order valence-electron chi connectivity index (χ4n) is 1.00. The third-order valence-electron chi connectivity index (χ3n) is 1.81. The molecule has 0 atom stereocenters. The van der Waals surface area contributed by atoms with Gasteiger partial charge in [0.25, 0.3) is 0 Å². The number of aliphatic imine (C=N–C) groups is 1. The van der Waals surface area contributed by atoms with E-state index in [9.17, 15) is 8.78 Å². The Hall–Kier alpha value is -1.61. The Morgan fingerprint density at radius 1 is 1.44 bits per heavy atom. The van der Waals surface area contributed by atoms with Crippen LogP contribution in [0.4, 0.5) is 14.5 Å². The summed E-state index contributed by atoms with van der Waals surface area (Å²) >= 11 is 1.14. The predicted molar refractivity (Wildman–Crippen MR) is 60.5 cm³/mol. The molecule has 3 nitrogen and oxygen atoms in total. The van der Waals surface area contributed by atoms with Crippen LogP contribution < -0.4 is 5.32 Å². The molecule has 1 aromatic carbocycles. The Balaban J connectivity index is 3.14. The normalized spacial score (nSPS) is 11.1. The molecule has 0 aliphatic heterocycles. The Labute approximate surface area is 96.2 Å². The quantitative estimate of drug-likeness (QED) is 0.356. The lowest BCUT2D eigenvalue weighted by Crippen LogP contribution is -2.12. The third kappa shape index (κ3) is 2.94. The SMILES string of the molecule is CSC(=Nc1cc(F)c(C)cc1F)NC#N. The minimum atomic E-state index is -0.620. The van der Waals surface area contributed by atoms with Crippen molar-refractivity contribution >= 4 is 22.6 Å². The van der Waals surface area contributed by atoms with Crippen LogP contribution in [0.2, 0.25) is 0 Å². The number of thioether (sulfide) groups is 1. The molecular formula is C10H9F2N3S. The summed E-state index contributed by atoms with van der Waals surface area (Å²) in [5, 5.41) is 10.9. The molecule has 84 valence electrons. The number of hydrogen-bond donors (Lipinski definition) is 1. The molecule has 0 unspecified atom stereocenters. The van der Waals surface area contributed by atoms with Crippen molar-refractivity contribution in [2.24, 2.45) is 4.99 Å². The van der Waals surface area contributed by atoms with E-state index in [0.717, 1.165) is 23.9 Å². The van der Waals surface area contributed by atoms with E-state index < -0.39 is 11.6 Å². The van der Waals surface area contributed by atoms with Crippen molar-refractivity contribution in [1.29, 1.82) is 5.26 Å². The first-order valence-electron chi connectivity index (χ1n) is 4.32. The number of nitriles is 1. The summed E-state index contributed by atoms with van der Waals surface area (Å²) in [4.78, 5) is 3.80. The maximum Gasteiger partial charge on any atom is 0.183 e. The van der Waals surface area contributed by atoms with Crippen LogP contribution >= 0.6 is 11.8 Å². The number of benzene rings is 1. The van der Waals surface area contributed by atoms with Crippen LogP contribution in [0.5, 0.6) is 0 Å². The van der Waals surface area contributed by atoms with Crippen LogP contribution in [0.15, 0.2) is 17.1 Å². The second-order valence-electron chi connectivity index (χ2n) is 2.91. The maximum absolute atomic E-state index is 13.4. The molecule has 0 radical (unpaired) electrons. The van der Waals surface area contributed by atoms with Crippen LogP contribution in [0.1, 0.15) is 5.56 Å². The van der Waals surface area contributed by atoms with E-state index >= 15 is 0 Å². The van der Waals surface area contributed by atoms with Crippen LogP contribution in [0.3, 0.4) is 0 Å². The molecule has 0 saturated heterocycles. The number of amidine groups is 1. The molecule has 1 rings (SSSR count). The van der Waals surface area contributed by atoms with Crippen LogP contribution in [0, 0.1) is 30.0 Å². The van der Waals surface area contributed by atoms with Gasteiger partial charge in [-0.2, -0.15) is 5.26 Å². The average molecular weight is 241 g/mol. The minimum absolute atomic E-state index is 0.129. The Morgan fingerprint density at radius 3 is 2.69 bits per heavy atom. The molecule has 1 aromatic rings.